The SMILES string of the molecule is N#C/C(=C/Nc1cccc(C(F)(F)F)c1)C(=O)NCC1CCCO1. The first-order valence-electron chi connectivity index (χ1n) is 7.34. The lowest BCUT2D eigenvalue weighted by Crippen LogP contribution is -2.32. The third-order valence-corrected chi connectivity index (χ3v) is 3.45. The van der Waals surface area contributed by atoms with Gasteiger partial charge in [0.05, 0.1) is 11.7 Å². The van der Waals surface area contributed by atoms with Crippen molar-refractivity contribution in [3.63, 3.8) is 0 Å². The molecule has 1 aliphatic heterocycles. The number of benzene rings is 1. The molecule has 0 aromatic heterocycles. The summed E-state index contributed by atoms with van der Waals surface area (Å²) in [6, 6.07) is 6.20. The molecular formula is C16H16F3N3O2. The number of nitriles is 1. The normalized spacial score (nSPS) is 18.1. The van der Waals surface area contributed by atoms with Crippen LogP contribution in [-0.2, 0) is 15.7 Å². The second kappa shape index (κ2) is 7.84. The summed E-state index contributed by atoms with van der Waals surface area (Å²) in [5.41, 5.74) is -0.919. The molecule has 0 aliphatic carbocycles. The van der Waals surface area contributed by atoms with Gasteiger partial charge in [-0.3, -0.25) is 4.79 Å². The predicted molar refractivity (Wildman–Crippen MR) is 80.7 cm³/mol. The number of hydrogen-bond acceptors (Lipinski definition) is 4. The number of anilines is 1. The zero-order chi connectivity index (χ0) is 17.6. The Morgan fingerprint density at radius 2 is 2.25 bits per heavy atom. The molecule has 1 atom stereocenters. The van der Waals surface area contributed by atoms with Crippen molar-refractivity contribution in [3.8, 4) is 6.07 Å². The Balaban J connectivity index is 1.97. The number of rotatable bonds is 5. The highest BCUT2D eigenvalue weighted by atomic mass is 19.4. The fraction of sp³-hybridized carbons (Fsp3) is 0.375. The first-order valence-corrected chi connectivity index (χ1v) is 7.34. The van der Waals surface area contributed by atoms with Crippen LogP contribution in [0.3, 0.4) is 0 Å². The summed E-state index contributed by atoms with van der Waals surface area (Å²) in [6.45, 7) is 0.944. The van der Waals surface area contributed by atoms with Crippen LogP contribution in [0.4, 0.5) is 18.9 Å². The van der Waals surface area contributed by atoms with E-state index >= 15 is 0 Å². The number of carbonyl (C=O) groups excluding carboxylic acids is 1. The molecule has 1 amide bonds. The molecule has 0 saturated carbocycles. The molecule has 5 nitrogen and oxygen atoms in total. The summed E-state index contributed by atoms with van der Waals surface area (Å²) >= 11 is 0. The van der Waals surface area contributed by atoms with Crippen LogP contribution in [0.15, 0.2) is 36.0 Å². The molecule has 0 spiro atoms. The van der Waals surface area contributed by atoms with Crippen molar-refractivity contribution < 1.29 is 22.7 Å². The Morgan fingerprint density at radius 3 is 2.88 bits per heavy atom. The van der Waals surface area contributed by atoms with E-state index in [0.29, 0.717) is 13.2 Å². The summed E-state index contributed by atoms with van der Waals surface area (Å²) < 4.78 is 43.3. The van der Waals surface area contributed by atoms with Crippen LogP contribution >= 0.6 is 0 Å². The molecule has 1 saturated heterocycles. The van der Waals surface area contributed by atoms with E-state index in [0.717, 1.165) is 31.2 Å². The van der Waals surface area contributed by atoms with Gasteiger partial charge in [0.25, 0.3) is 5.91 Å². The van der Waals surface area contributed by atoms with E-state index in [1.165, 1.54) is 12.1 Å². The highest BCUT2D eigenvalue weighted by molar-refractivity contribution is 5.97. The summed E-state index contributed by atoms with van der Waals surface area (Å²) in [6.07, 6.45) is -1.67. The average molecular weight is 339 g/mol. The quantitative estimate of drug-likeness (QED) is 0.639. The number of halogens is 3. The van der Waals surface area contributed by atoms with Crippen molar-refractivity contribution in [2.24, 2.45) is 0 Å². The fourth-order valence-electron chi connectivity index (χ4n) is 2.20. The largest absolute Gasteiger partial charge is 0.416 e. The molecule has 128 valence electrons. The van der Waals surface area contributed by atoms with Gasteiger partial charge in [-0.15, -0.1) is 0 Å². The minimum Gasteiger partial charge on any atom is -0.376 e. The van der Waals surface area contributed by atoms with Crippen LogP contribution in [0, 0.1) is 11.3 Å². The van der Waals surface area contributed by atoms with Crippen LogP contribution in [-0.4, -0.2) is 25.2 Å². The van der Waals surface area contributed by atoms with Crippen molar-refractivity contribution in [2.75, 3.05) is 18.5 Å². The standard InChI is InChI=1S/C16H16F3N3O2/c17-16(18,19)12-3-1-4-13(7-12)21-9-11(8-20)15(23)22-10-14-5-2-6-24-14/h1,3-4,7,9,14,21H,2,5-6,10H2,(H,22,23)/b11-9-. The first-order chi connectivity index (χ1) is 11.4. The van der Waals surface area contributed by atoms with Gasteiger partial charge >= 0.3 is 6.18 Å². The van der Waals surface area contributed by atoms with Gasteiger partial charge in [0, 0.05) is 25.0 Å². The second-order valence-corrected chi connectivity index (χ2v) is 5.24. The molecular weight excluding hydrogens is 323 g/mol. The summed E-state index contributed by atoms with van der Waals surface area (Å²) in [7, 11) is 0. The van der Waals surface area contributed by atoms with Crippen molar-refractivity contribution >= 4 is 11.6 Å². The first kappa shape index (κ1) is 17.8. The number of amides is 1. The maximum atomic E-state index is 12.6. The smallest absolute Gasteiger partial charge is 0.376 e. The Morgan fingerprint density at radius 1 is 1.46 bits per heavy atom. The van der Waals surface area contributed by atoms with Gasteiger partial charge in [0.2, 0.25) is 0 Å². The number of nitrogens with zero attached hydrogens (tertiary/aromatic N) is 1. The van der Waals surface area contributed by atoms with Crippen molar-refractivity contribution in [2.45, 2.75) is 25.1 Å². The summed E-state index contributed by atoms with van der Waals surface area (Å²) in [4.78, 5) is 11.9. The Labute approximate surface area is 137 Å². The molecule has 1 aromatic carbocycles. The van der Waals surface area contributed by atoms with Crippen molar-refractivity contribution in [1.29, 1.82) is 5.26 Å². The average Bonchev–Trinajstić information content (AvgIpc) is 3.06. The van der Waals surface area contributed by atoms with E-state index < -0.39 is 17.6 Å². The second-order valence-electron chi connectivity index (χ2n) is 5.24. The van der Waals surface area contributed by atoms with Gasteiger partial charge < -0.3 is 15.4 Å². The number of ether oxygens (including phenoxy) is 1. The van der Waals surface area contributed by atoms with Crippen LogP contribution in [0.1, 0.15) is 18.4 Å². The minimum atomic E-state index is -4.46. The van der Waals surface area contributed by atoms with Crippen LogP contribution < -0.4 is 10.6 Å². The molecule has 24 heavy (non-hydrogen) atoms. The molecule has 0 bridgehead atoms. The number of carbonyl (C=O) groups is 1. The zero-order valence-corrected chi connectivity index (χ0v) is 12.7. The van der Waals surface area contributed by atoms with E-state index in [9.17, 15) is 18.0 Å². The molecule has 1 aliphatic rings. The van der Waals surface area contributed by atoms with E-state index in [1.54, 1.807) is 6.07 Å². The fourth-order valence-corrected chi connectivity index (χ4v) is 2.20. The molecule has 1 aromatic rings. The maximum Gasteiger partial charge on any atom is 0.416 e. The third-order valence-electron chi connectivity index (χ3n) is 3.45. The van der Waals surface area contributed by atoms with Crippen LogP contribution in [0.25, 0.3) is 0 Å². The van der Waals surface area contributed by atoms with Gasteiger partial charge in [0.15, 0.2) is 0 Å². The number of nitrogens with one attached hydrogen (secondary N) is 2. The highest BCUT2D eigenvalue weighted by Gasteiger charge is 2.30. The molecule has 1 fully saturated rings. The van der Waals surface area contributed by atoms with Gasteiger partial charge in [-0.2, -0.15) is 18.4 Å². The van der Waals surface area contributed by atoms with E-state index in [-0.39, 0.29) is 17.4 Å². The highest BCUT2D eigenvalue weighted by Crippen LogP contribution is 2.30. The van der Waals surface area contributed by atoms with Gasteiger partial charge in [-0.1, -0.05) is 6.07 Å². The molecule has 1 unspecified atom stereocenters. The lowest BCUT2D eigenvalue weighted by Gasteiger charge is -2.11. The summed E-state index contributed by atoms with van der Waals surface area (Å²) in [5.74, 6) is -0.604. The van der Waals surface area contributed by atoms with Gasteiger partial charge in [-0.25, -0.2) is 0 Å². The van der Waals surface area contributed by atoms with Gasteiger partial charge in [0.1, 0.15) is 11.6 Å². The Kier molecular flexibility index (Phi) is 5.82. The maximum absolute atomic E-state index is 12.6. The third kappa shape index (κ3) is 4.99. The van der Waals surface area contributed by atoms with Crippen molar-refractivity contribution in [3.05, 3.63) is 41.6 Å². The number of hydrogen-bond donors (Lipinski definition) is 2. The lowest BCUT2D eigenvalue weighted by atomic mass is 10.2. The summed E-state index contributed by atoms with van der Waals surface area (Å²) in [5, 5.41) is 14.1. The van der Waals surface area contributed by atoms with Gasteiger partial charge in [-0.05, 0) is 31.0 Å². The minimum absolute atomic E-state index is 0.0645. The predicted octanol–water partition coefficient (Wildman–Crippen LogP) is 2.82. The zero-order valence-electron chi connectivity index (χ0n) is 12.7. The molecule has 2 rings (SSSR count). The Bertz CT molecular complexity index is 659. The van der Waals surface area contributed by atoms with Crippen LogP contribution in [0.5, 0.6) is 0 Å². The van der Waals surface area contributed by atoms with E-state index in [2.05, 4.69) is 10.6 Å². The van der Waals surface area contributed by atoms with E-state index in [4.69, 9.17) is 10.00 Å². The molecule has 2 N–H and O–H groups in total. The lowest BCUT2D eigenvalue weighted by molar-refractivity contribution is -0.137. The van der Waals surface area contributed by atoms with Crippen molar-refractivity contribution in [1.82, 2.24) is 5.32 Å². The Hall–Kier alpha value is -2.53. The van der Waals surface area contributed by atoms with Crippen LogP contribution in [0.2, 0.25) is 0 Å². The molecule has 0 radical (unpaired) electrons. The molecule has 1 heterocycles. The van der Waals surface area contributed by atoms with E-state index in [1.807, 2.05) is 0 Å². The topological polar surface area (TPSA) is 74.2 Å². The molecule has 8 heteroatoms. The number of alkyl halides is 3. The monoisotopic (exact) mass is 339 g/mol.